The molecule has 8 nitrogen and oxygen atoms in total. The molecule has 1 N–H and O–H groups in total. The number of nitrogens with zero attached hydrogens (tertiary/aromatic N) is 2. The molecule has 0 fully saturated rings. The third kappa shape index (κ3) is 7.67. The molecule has 0 aliphatic heterocycles. The number of H-pyrrole nitrogens is 1. The predicted octanol–water partition coefficient (Wildman–Crippen LogP) is 5.24. The van der Waals surface area contributed by atoms with Crippen LogP contribution in [0.1, 0.15) is 33.5 Å². The number of aromatic nitrogens is 1. The van der Waals surface area contributed by atoms with Gasteiger partial charge in [0.15, 0.2) is 11.5 Å². The summed E-state index contributed by atoms with van der Waals surface area (Å²) in [4.78, 5) is 34.2. The minimum Gasteiger partial charge on any atom is -0.493 e. The van der Waals surface area contributed by atoms with Gasteiger partial charge in [0, 0.05) is 56.0 Å². The second-order valence-electron chi connectivity index (χ2n) is 10.1. The van der Waals surface area contributed by atoms with Crippen LogP contribution < -0.4 is 9.47 Å². The Bertz CT molecular complexity index is 1450. The van der Waals surface area contributed by atoms with Crippen molar-refractivity contribution in [2.75, 3.05) is 47.6 Å². The molecule has 0 radical (unpaired) electrons. The van der Waals surface area contributed by atoms with Crippen LogP contribution >= 0.6 is 0 Å². The summed E-state index contributed by atoms with van der Waals surface area (Å²) in [6.07, 6.45) is 3.30. The second-order valence-corrected chi connectivity index (χ2v) is 10.1. The smallest absolute Gasteiger partial charge is 0.254 e. The third-order valence-electron chi connectivity index (χ3n) is 7.19. The first kappa shape index (κ1) is 29.7. The fraction of sp³-hybridized carbons (Fsp3) is 0.333. The molecule has 4 aromatic rings. The molecule has 0 saturated carbocycles. The van der Waals surface area contributed by atoms with Crippen molar-refractivity contribution in [1.29, 1.82) is 0 Å². The number of hydrogen-bond donors (Lipinski definition) is 1. The van der Waals surface area contributed by atoms with Crippen LogP contribution in [0.4, 0.5) is 0 Å². The van der Waals surface area contributed by atoms with Crippen molar-refractivity contribution in [3.63, 3.8) is 0 Å². The number of aromatic amines is 1. The Balaban J connectivity index is 1.58. The van der Waals surface area contributed by atoms with Crippen LogP contribution in [0.2, 0.25) is 0 Å². The van der Waals surface area contributed by atoms with E-state index in [4.69, 9.17) is 14.2 Å². The zero-order chi connectivity index (χ0) is 29.2. The lowest BCUT2D eigenvalue weighted by Gasteiger charge is -2.28. The van der Waals surface area contributed by atoms with Gasteiger partial charge in [-0.15, -0.1) is 0 Å². The summed E-state index contributed by atoms with van der Waals surface area (Å²) in [5, 5.41) is 1.14. The topological polar surface area (TPSA) is 84.1 Å². The van der Waals surface area contributed by atoms with Crippen molar-refractivity contribution in [2.45, 2.75) is 26.3 Å². The molecular weight excluding hydrogens is 518 g/mol. The van der Waals surface area contributed by atoms with E-state index >= 15 is 0 Å². The summed E-state index contributed by atoms with van der Waals surface area (Å²) in [6.45, 7) is 3.72. The van der Waals surface area contributed by atoms with Crippen molar-refractivity contribution in [3.05, 3.63) is 95.2 Å². The quantitative estimate of drug-likeness (QED) is 0.214. The first-order valence-electron chi connectivity index (χ1n) is 13.8. The van der Waals surface area contributed by atoms with E-state index in [-0.39, 0.29) is 18.4 Å². The molecule has 3 aromatic carbocycles. The van der Waals surface area contributed by atoms with Crippen LogP contribution in [-0.4, -0.2) is 74.2 Å². The van der Waals surface area contributed by atoms with Crippen molar-refractivity contribution < 1.29 is 23.8 Å². The summed E-state index contributed by atoms with van der Waals surface area (Å²) in [5.41, 5.74) is 4.74. The number of ether oxygens (including phenoxy) is 3. The number of carbonyl (C=O) groups is 2. The van der Waals surface area contributed by atoms with Gasteiger partial charge in [0.2, 0.25) is 5.91 Å². The highest BCUT2D eigenvalue weighted by Gasteiger charge is 2.23. The molecule has 0 spiro atoms. The van der Waals surface area contributed by atoms with Gasteiger partial charge >= 0.3 is 0 Å². The highest BCUT2D eigenvalue weighted by atomic mass is 16.5. The van der Waals surface area contributed by atoms with Gasteiger partial charge in [0.05, 0.1) is 14.2 Å². The average Bonchev–Trinajstić information content (AvgIpc) is 3.41. The zero-order valence-corrected chi connectivity index (χ0v) is 24.3. The largest absolute Gasteiger partial charge is 0.493 e. The number of methoxy groups -OCH3 is 3. The van der Waals surface area contributed by atoms with E-state index in [1.54, 1.807) is 26.2 Å². The Morgan fingerprint density at radius 1 is 0.854 bits per heavy atom. The summed E-state index contributed by atoms with van der Waals surface area (Å²) in [5.74, 6) is 0.931. The first-order valence-corrected chi connectivity index (χ1v) is 13.8. The van der Waals surface area contributed by atoms with Crippen molar-refractivity contribution in [3.8, 4) is 11.5 Å². The number of carbonyl (C=O) groups excluding carboxylic acids is 2. The molecule has 41 heavy (non-hydrogen) atoms. The molecule has 0 atom stereocenters. The molecule has 216 valence electrons. The maximum absolute atomic E-state index is 13.9. The van der Waals surface area contributed by atoms with Gasteiger partial charge < -0.3 is 29.0 Å². The Kier molecular flexibility index (Phi) is 10.4. The van der Waals surface area contributed by atoms with Gasteiger partial charge in [-0.25, -0.2) is 0 Å². The molecule has 4 rings (SSSR count). The van der Waals surface area contributed by atoms with Crippen LogP contribution in [0.25, 0.3) is 10.9 Å². The number of amides is 2. The molecule has 0 saturated heterocycles. The molecule has 2 amide bonds. The van der Waals surface area contributed by atoms with Crippen LogP contribution in [-0.2, 0) is 22.5 Å². The molecule has 0 unspecified atom stereocenters. The number of benzene rings is 3. The maximum Gasteiger partial charge on any atom is 0.254 e. The lowest BCUT2D eigenvalue weighted by atomic mass is 10.1. The molecule has 0 aliphatic rings. The number of rotatable bonds is 14. The first-order chi connectivity index (χ1) is 19.9. The molecule has 8 heteroatoms. The second kappa shape index (κ2) is 14.4. The van der Waals surface area contributed by atoms with E-state index in [0.29, 0.717) is 56.1 Å². The Hall–Kier alpha value is -4.30. The average molecular weight is 558 g/mol. The number of para-hydroxylation sites is 1. The van der Waals surface area contributed by atoms with Crippen LogP contribution in [0.3, 0.4) is 0 Å². The minimum absolute atomic E-state index is 0.0302. The summed E-state index contributed by atoms with van der Waals surface area (Å²) in [7, 11) is 4.82. The van der Waals surface area contributed by atoms with E-state index in [9.17, 15) is 9.59 Å². The van der Waals surface area contributed by atoms with E-state index < -0.39 is 0 Å². The third-order valence-corrected chi connectivity index (χ3v) is 7.19. The summed E-state index contributed by atoms with van der Waals surface area (Å²) in [6, 6.07) is 21.2. The lowest BCUT2D eigenvalue weighted by Crippen LogP contribution is -2.44. The SMILES string of the molecule is COCCCN(CC(=O)N(CCc1c[nH]c2ccccc12)Cc1ccc(OC)c(OC)c1)C(=O)c1ccc(C)cc1. The predicted molar refractivity (Wildman–Crippen MR) is 161 cm³/mol. The molecule has 0 aliphatic carbocycles. The van der Waals surface area contributed by atoms with Gasteiger partial charge in [0.1, 0.15) is 6.54 Å². The number of hydrogen-bond acceptors (Lipinski definition) is 5. The Morgan fingerprint density at radius 3 is 2.34 bits per heavy atom. The fourth-order valence-electron chi connectivity index (χ4n) is 4.88. The van der Waals surface area contributed by atoms with Gasteiger partial charge in [-0.3, -0.25) is 9.59 Å². The Labute approximate surface area is 241 Å². The van der Waals surface area contributed by atoms with Gasteiger partial charge in [-0.1, -0.05) is 42.0 Å². The highest BCUT2D eigenvalue weighted by Crippen LogP contribution is 2.28. The minimum atomic E-state index is -0.169. The molecule has 1 heterocycles. The summed E-state index contributed by atoms with van der Waals surface area (Å²) < 4.78 is 16.1. The van der Waals surface area contributed by atoms with E-state index in [0.717, 1.165) is 27.6 Å². The van der Waals surface area contributed by atoms with Gasteiger partial charge in [0.25, 0.3) is 5.91 Å². The highest BCUT2D eigenvalue weighted by molar-refractivity contribution is 5.96. The lowest BCUT2D eigenvalue weighted by molar-refractivity contribution is -0.132. The van der Waals surface area contributed by atoms with Crippen molar-refractivity contribution >= 4 is 22.7 Å². The molecule has 1 aromatic heterocycles. The molecule has 0 bridgehead atoms. The maximum atomic E-state index is 13.9. The normalized spacial score (nSPS) is 10.9. The van der Waals surface area contributed by atoms with Crippen molar-refractivity contribution in [2.24, 2.45) is 0 Å². The Morgan fingerprint density at radius 2 is 1.61 bits per heavy atom. The molecular formula is C33H39N3O5. The van der Waals surface area contributed by atoms with Crippen LogP contribution in [0.15, 0.2) is 72.9 Å². The monoisotopic (exact) mass is 557 g/mol. The number of aryl methyl sites for hydroxylation is 1. The van der Waals surface area contributed by atoms with Gasteiger partial charge in [-0.05, 0) is 61.2 Å². The van der Waals surface area contributed by atoms with E-state index in [1.165, 1.54) is 0 Å². The fourth-order valence-corrected chi connectivity index (χ4v) is 4.88. The number of nitrogens with one attached hydrogen (secondary N) is 1. The summed E-state index contributed by atoms with van der Waals surface area (Å²) >= 11 is 0. The van der Waals surface area contributed by atoms with Crippen LogP contribution in [0.5, 0.6) is 11.5 Å². The zero-order valence-electron chi connectivity index (χ0n) is 24.3. The van der Waals surface area contributed by atoms with E-state index in [1.807, 2.05) is 78.7 Å². The van der Waals surface area contributed by atoms with Crippen LogP contribution in [0, 0.1) is 6.92 Å². The number of fused-ring (bicyclic) bond motifs is 1. The van der Waals surface area contributed by atoms with Gasteiger partial charge in [-0.2, -0.15) is 0 Å². The van der Waals surface area contributed by atoms with Crippen molar-refractivity contribution in [1.82, 2.24) is 14.8 Å². The standard InChI is InChI=1S/C33H39N3O5/c1-24-10-13-26(14-11-24)33(38)36(17-7-19-39-2)23-32(37)35(22-25-12-15-30(40-3)31(20-25)41-4)18-16-27-21-34-29-9-6-5-8-28(27)29/h5-6,8-15,20-21,34H,7,16-19,22-23H2,1-4H3. The van der Waals surface area contributed by atoms with E-state index in [2.05, 4.69) is 11.1 Å².